The minimum Gasteiger partial charge on any atom is -0.444 e. The predicted octanol–water partition coefficient (Wildman–Crippen LogP) is 1.56. The van der Waals surface area contributed by atoms with Crippen molar-refractivity contribution in [3.8, 4) is 0 Å². The van der Waals surface area contributed by atoms with Crippen LogP contribution in [0.25, 0.3) is 0 Å². The van der Waals surface area contributed by atoms with Gasteiger partial charge in [-0.15, -0.1) is 0 Å². The molecule has 0 saturated carbocycles. The first-order valence-electron chi connectivity index (χ1n) is 10.6. The van der Waals surface area contributed by atoms with E-state index >= 15 is 0 Å². The maximum absolute atomic E-state index is 12.3. The molecule has 0 aliphatic heterocycles. The van der Waals surface area contributed by atoms with Gasteiger partial charge in [0, 0.05) is 38.3 Å². The normalized spacial score (nSPS) is 11.8. The lowest BCUT2D eigenvalue weighted by molar-refractivity contribution is 0.0528. The largest absolute Gasteiger partial charge is 0.444 e. The quantitative estimate of drug-likeness (QED) is 0.253. The monoisotopic (exact) mass is 434 g/mol. The summed E-state index contributed by atoms with van der Waals surface area (Å²) in [6.45, 7) is 10.9. The summed E-state index contributed by atoms with van der Waals surface area (Å²) in [7, 11) is 3.93. The molecule has 4 N–H and O–H groups in total. The summed E-state index contributed by atoms with van der Waals surface area (Å²) in [5.74, 6) is 0.542. The highest BCUT2D eigenvalue weighted by atomic mass is 16.6. The summed E-state index contributed by atoms with van der Waals surface area (Å²) in [6.07, 6.45) is -0.447. The highest BCUT2D eigenvalue weighted by molar-refractivity contribution is 5.94. The van der Waals surface area contributed by atoms with Crippen LogP contribution in [0.15, 0.2) is 29.3 Å². The molecule has 1 aromatic rings. The Morgan fingerprint density at radius 1 is 1.03 bits per heavy atom. The number of guanidine groups is 1. The van der Waals surface area contributed by atoms with E-state index in [4.69, 9.17) is 4.74 Å². The van der Waals surface area contributed by atoms with Gasteiger partial charge in [0.05, 0.1) is 6.54 Å². The predicted molar refractivity (Wildman–Crippen MR) is 124 cm³/mol. The zero-order chi connectivity index (χ0) is 23.3. The van der Waals surface area contributed by atoms with E-state index in [-0.39, 0.29) is 5.91 Å². The first kappa shape index (κ1) is 26.2. The van der Waals surface area contributed by atoms with Crippen molar-refractivity contribution in [1.82, 2.24) is 26.2 Å². The molecular formula is C22H38N6O3. The minimum atomic E-state index is -0.522. The van der Waals surface area contributed by atoms with Gasteiger partial charge in [0.2, 0.25) is 0 Å². The van der Waals surface area contributed by atoms with Gasteiger partial charge < -0.3 is 30.9 Å². The smallest absolute Gasteiger partial charge is 0.407 e. The van der Waals surface area contributed by atoms with E-state index in [1.807, 2.05) is 64.9 Å². The molecule has 1 rings (SSSR count). The topological polar surface area (TPSA) is 107 Å². The van der Waals surface area contributed by atoms with Crippen molar-refractivity contribution in [3.05, 3.63) is 35.4 Å². The standard InChI is InChI=1S/C22H38N6O3/c1-7-23-20(25-11-12-26-21(30)31-22(2,3)4)27-16-17-9-8-10-18(15-17)19(29)24-13-14-28(5)6/h8-10,15H,7,11-14,16H2,1-6H3,(H,24,29)(H,26,30)(H2,23,25,27). The number of carbonyl (C=O) groups is 2. The van der Waals surface area contributed by atoms with E-state index in [1.54, 1.807) is 6.07 Å². The molecule has 9 nitrogen and oxygen atoms in total. The van der Waals surface area contributed by atoms with Crippen molar-refractivity contribution in [3.63, 3.8) is 0 Å². The van der Waals surface area contributed by atoms with Crippen molar-refractivity contribution in [2.45, 2.75) is 39.8 Å². The fraction of sp³-hybridized carbons (Fsp3) is 0.591. The van der Waals surface area contributed by atoms with Gasteiger partial charge in [0.25, 0.3) is 5.91 Å². The number of hydrogen-bond acceptors (Lipinski definition) is 5. The third-order valence-corrected chi connectivity index (χ3v) is 3.88. The molecule has 0 radical (unpaired) electrons. The lowest BCUT2D eigenvalue weighted by Crippen LogP contribution is -2.42. The molecule has 0 saturated heterocycles. The maximum atomic E-state index is 12.3. The Morgan fingerprint density at radius 2 is 1.74 bits per heavy atom. The van der Waals surface area contributed by atoms with E-state index in [0.717, 1.165) is 12.1 Å². The summed E-state index contributed by atoms with van der Waals surface area (Å²) in [6, 6.07) is 7.44. The number of hydrogen-bond donors (Lipinski definition) is 4. The zero-order valence-corrected chi connectivity index (χ0v) is 19.7. The number of ether oxygens (including phenoxy) is 1. The fourth-order valence-corrected chi connectivity index (χ4v) is 2.48. The van der Waals surface area contributed by atoms with Gasteiger partial charge in [-0.3, -0.25) is 4.79 Å². The van der Waals surface area contributed by atoms with Gasteiger partial charge in [-0.2, -0.15) is 0 Å². The molecule has 0 aromatic heterocycles. The van der Waals surface area contributed by atoms with E-state index in [1.165, 1.54) is 0 Å². The number of benzene rings is 1. The second-order valence-electron chi connectivity index (χ2n) is 8.31. The third-order valence-electron chi connectivity index (χ3n) is 3.88. The van der Waals surface area contributed by atoms with E-state index in [2.05, 4.69) is 26.3 Å². The number of aliphatic imine (C=N–C) groups is 1. The van der Waals surface area contributed by atoms with Crippen LogP contribution in [0, 0.1) is 0 Å². The molecule has 31 heavy (non-hydrogen) atoms. The molecule has 0 aliphatic carbocycles. The summed E-state index contributed by atoms with van der Waals surface area (Å²) in [5.41, 5.74) is 1.03. The molecule has 0 unspecified atom stereocenters. The number of rotatable bonds is 10. The molecule has 0 bridgehead atoms. The summed E-state index contributed by atoms with van der Waals surface area (Å²) < 4.78 is 5.21. The third kappa shape index (κ3) is 12.5. The fourth-order valence-electron chi connectivity index (χ4n) is 2.48. The van der Waals surface area contributed by atoms with Gasteiger partial charge in [0.15, 0.2) is 5.96 Å². The van der Waals surface area contributed by atoms with Gasteiger partial charge >= 0.3 is 6.09 Å². The van der Waals surface area contributed by atoms with Crippen molar-refractivity contribution in [2.24, 2.45) is 4.99 Å². The Morgan fingerprint density at radius 3 is 2.39 bits per heavy atom. The molecule has 2 amide bonds. The Kier molecular flexibility index (Phi) is 11.4. The molecule has 0 heterocycles. The van der Waals surface area contributed by atoms with Crippen LogP contribution in [-0.2, 0) is 11.3 Å². The lowest BCUT2D eigenvalue weighted by Gasteiger charge is -2.19. The SMILES string of the molecule is CCNC(=NCc1cccc(C(=O)NCCN(C)C)c1)NCCNC(=O)OC(C)(C)C. The van der Waals surface area contributed by atoms with Crippen LogP contribution < -0.4 is 21.3 Å². The summed E-state index contributed by atoms with van der Waals surface area (Å²) in [4.78, 5) is 30.6. The van der Waals surface area contributed by atoms with Gasteiger partial charge in [-0.05, 0) is 59.5 Å². The van der Waals surface area contributed by atoms with E-state index < -0.39 is 11.7 Å². The summed E-state index contributed by atoms with van der Waals surface area (Å²) >= 11 is 0. The minimum absolute atomic E-state index is 0.0917. The average molecular weight is 435 g/mol. The lowest BCUT2D eigenvalue weighted by atomic mass is 10.1. The molecule has 0 atom stereocenters. The second kappa shape index (κ2) is 13.5. The molecule has 174 valence electrons. The van der Waals surface area contributed by atoms with E-state index in [0.29, 0.717) is 44.2 Å². The Hall–Kier alpha value is -2.81. The Balaban J connectivity index is 2.55. The van der Waals surface area contributed by atoms with Crippen LogP contribution in [-0.4, -0.2) is 75.3 Å². The molecule has 1 aromatic carbocycles. The van der Waals surface area contributed by atoms with Gasteiger partial charge in [-0.25, -0.2) is 9.79 Å². The van der Waals surface area contributed by atoms with E-state index in [9.17, 15) is 9.59 Å². The van der Waals surface area contributed by atoms with Crippen molar-refractivity contribution >= 4 is 18.0 Å². The Bertz CT molecular complexity index is 728. The molecule has 0 aliphatic rings. The zero-order valence-electron chi connectivity index (χ0n) is 19.7. The van der Waals surface area contributed by atoms with Crippen LogP contribution in [0.1, 0.15) is 43.6 Å². The number of likely N-dealkylation sites (N-methyl/N-ethyl adjacent to an activating group) is 1. The number of amides is 2. The van der Waals surface area contributed by atoms with Crippen LogP contribution >= 0.6 is 0 Å². The van der Waals surface area contributed by atoms with Gasteiger partial charge in [-0.1, -0.05) is 12.1 Å². The summed E-state index contributed by atoms with van der Waals surface area (Å²) in [5, 5.41) is 12.0. The van der Waals surface area contributed by atoms with Crippen LogP contribution in [0.4, 0.5) is 4.79 Å². The molecule has 0 spiro atoms. The number of alkyl carbamates (subject to hydrolysis) is 1. The molecule has 0 fully saturated rings. The van der Waals surface area contributed by atoms with Crippen LogP contribution in [0.2, 0.25) is 0 Å². The average Bonchev–Trinajstić information content (AvgIpc) is 2.67. The maximum Gasteiger partial charge on any atom is 0.407 e. The van der Waals surface area contributed by atoms with Crippen molar-refractivity contribution in [1.29, 1.82) is 0 Å². The Labute approximate surface area is 186 Å². The van der Waals surface area contributed by atoms with Crippen LogP contribution in [0.3, 0.4) is 0 Å². The highest BCUT2D eigenvalue weighted by Crippen LogP contribution is 2.07. The van der Waals surface area contributed by atoms with Crippen LogP contribution in [0.5, 0.6) is 0 Å². The number of nitrogens with one attached hydrogen (secondary N) is 4. The molecule has 9 heteroatoms. The van der Waals surface area contributed by atoms with Gasteiger partial charge in [0.1, 0.15) is 5.60 Å². The second-order valence-corrected chi connectivity index (χ2v) is 8.31. The molecular weight excluding hydrogens is 396 g/mol. The first-order valence-corrected chi connectivity index (χ1v) is 10.6. The highest BCUT2D eigenvalue weighted by Gasteiger charge is 2.15. The van der Waals surface area contributed by atoms with Crippen molar-refractivity contribution in [2.75, 3.05) is 46.8 Å². The number of carbonyl (C=O) groups excluding carboxylic acids is 2. The van der Waals surface area contributed by atoms with Crippen molar-refractivity contribution < 1.29 is 14.3 Å². The first-order chi connectivity index (χ1) is 14.6. The number of nitrogens with zero attached hydrogens (tertiary/aromatic N) is 2.